The summed E-state index contributed by atoms with van der Waals surface area (Å²) >= 11 is 12.9. The first kappa shape index (κ1) is 19.2. The van der Waals surface area contributed by atoms with Crippen molar-refractivity contribution in [2.45, 2.75) is 6.54 Å². The molecule has 1 aromatic carbocycles. The van der Waals surface area contributed by atoms with Gasteiger partial charge in [0.2, 0.25) is 0 Å². The Hall–Kier alpha value is -2.61. The first-order valence-corrected chi connectivity index (χ1v) is 9.27. The van der Waals surface area contributed by atoms with Gasteiger partial charge in [-0.25, -0.2) is 0 Å². The van der Waals surface area contributed by atoms with Gasteiger partial charge in [0.25, 0.3) is 11.8 Å². The minimum Gasteiger partial charge on any atom is -0.506 e. The summed E-state index contributed by atoms with van der Waals surface area (Å²) in [7, 11) is 0. The van der Waals surface area contributed by atoms with Crippen LogP contribution in [-0.4, -0.2) is 21.9 Å². The number of carbonyl (C=O) groups is 2. The zero-order valence-electron chi connectivity index (χ0n) is 13.7. The van der Waals surface area contributed by atoms with E-state index in [-0.39, 0.29) is 27.1 Å². The lowest BCUT2D eigenvalue weighted by Gasteiger charge is -2.08. The maximum atomic E-state index is 12.5. The molecule has 0 bridgehead atoms. The van der Waals surface area contributed by atoms with Gasteiger partial charge in [-0.15, -0.1) is 11.3 Å². The van der Waals surface area contributed by atoms with Crippen molar-refractivity contribution in [3.05, 3.63) is 74.2 Å². The number of aromatic nitrogens is 1. The van der Waals surface area contributed by atoms with E-state index in [0.717, 1.165) is 16.9 Å². The third-order valence-electron chi connectivity index (χ3n) is 3.54. The molecule has 0 radical (unpaired) electrons. The fourth-order valence-corrected chi connectivity index (χ4v) is 3.51. The van der Waals surface area contributed by atoms with Crippen molar-refractivity contribution in [2.24, 2.45) is 0 Å². The molecule has 27 heavy (non-hydrogen) atoms. The number of amides is 2. The number of benzene rings is 1. The predicted octanol–water partition coefficient (Wildman–Crippen LogP) is 4.34. The number of rotatable bonds is 5. The van der Waals surface area contributed by atoms with Gasteiger partial charge in [-0.2, -0.15) is 0 Å². The lowest BCUT2D eigenvalue weighted by atomic mass is 10.2. The van der Waals surface area contributed by atoms with Gasteiger partial charge >= 0.3 is 0 Å². The quantitative estimate of drug-likeness (QED) is 0.571. The topological polar surface area (TPSA) is 91.3 Å². The van der Waals surface area contributed by atoms with Crippen LogP contribution >= 0.6 is 34.5 Å². The van der Waals surface area contributed by atoms with Crippen molar-refractivity contribution >= 4 is 52.0 Å². The monoisotopic (exact) mass is 421 g/mol. The van der Waals surface area contributed by atoms with Crippen LogP contribution in [0, 0.1) is 0 Å². The minimum absolute atomic E-state index is 0.0560. The molecule has 9 heteroatoms. The number of carbonyl (C=O) groups excluding carboxylic acids is 2. The summed E-state index contributed by atoms with van der Waals surface area (Å²) < 4.78 is 0.362. The largest absolute Gasteiger partial charge is 0.506 e. The fourth-order valence-electron chi connectivity index (χ4n) is 2.23. The first-order chi connectivity index (χ1) is 12.9. The summed E-state index contributed by atoms with van der Waals surface area (Å²) in [5, 5.41) is 14.9. The first-order valence-electron chi connectivity index (χ1n) is 7.70. The van der Waals surface area contributed by atoms with Gasteiger partial charge in [-0.05, 0) is 35.9 Å². The van der Waals surface area contributed by atoms with Gasteiger partial charge in [0.1, 0.15) is 10.6 Å². The van der Waals surface area contributed by atoms with Crippen LogP contribution in [0.25, 0.3) is 0 Å². The molecule has 3 rings (SSSR count). The highest BCUT2D eigenvalue weighted by molar-refractivity contribution is 7.18. The van der Waals surface area contributed by atoms with Gasteiger partial charge in [0.15, 0.2) is 0 Å². The number of aromatic hydroxyl groups is 1. The molecule has 0 aliphatic rings. The fraction of sp³-hybridized carbons (Fsp3) is 0.0556. The van der Waals surface area contributed by atoms with Crippen molar-refractivity contribution in [2.75, 3.05) is 5.32 Å². The Balaban J connectivity index is 1.74. The lowest BCUT2D eigenvalue weighted by molar-refractivity contribution is 0.0955. The number of halogens is 2. The van der Waals surface area contributed by atoms with E-state index in [0.29, 0.717) is 16.6 Å². The van der Waals surface area contributed by atoms with Crippen LogP contribution in [0.5, 0.6) is 5.75 Å². The summed E-state index contributed by atoms with van der Waals surface area (Å²) in [5.41, 5.74) is 1.38. The molecule has 0 saturated carbocycles. The molecule has 2 heterocycles. The zero-order chi connectivity index (χ0) is 19.4. The Kier molecular flexibility index (Phi) is 5.95. The number of pyridine rings is 1. The molecule has 0 saturated heterocycles. The van der Waals surface area contributed by atoms with Gasteiger partial charge in [0.05, 0.1) is 15.0 Å². The Morgan fingerprint density at radius 1 is 1.15 bits per heavy atom. The predicted molar refractivity (Wildman–Crippen MR) is 106 cm³/mol. The number of nitrogens with zero attached hydrogens (tertiary/aromatic N) is 1. The highest BCUT2D eigenvalue weighted by Gasteiger charge is 2.18. The second-order valence-corrected chi connectivity index (χ2v) is 7.55. The van der Waals surface area contributed by atoms with Crippen molar-refractivity contribution in [3.63, 3.8) is 0 Å². The number of anilines is 1. The standard InChI is InChI=1S/C18H13Cl2N3O3S/c19-12-6-11(3-4-14(12)24)17(25)23-13-7-15(20)27-16(13)18(26)22-9-10-2-1-5-21-8-10/h1-8,24H,9H2,(H,22,26)(H,23,25). The molecule has 2 aromatic heterocycles. The van der Waals surface area contributed by atoms with E-state index in [9.17, 15) is 14.7 Å². The molecular formula is C18H13Cl2N3O3S. The van der Waals surface area contributed by atoms with Crippen LogP contribution < -0.4 is 10.6 Å². The van der Waals surface area contributed by atoms with Gasteiger partial charge in [0, 0.05) is 24.5 Å². The van der Waals surface area contributed by atoms with Gasteiger partial charge < -0.3 is 15.7 Å². The smallest absolute Gasteiger partial charge is 0.263 e. The van der Waals surface area contributed by atoms with E-state index in [1.807, 2.05) is 6.07 Å². The van der Waals surface area contributed by atoms with E-state index in [4.69, 9.17) is 23.2 Å². The highest BCUT2D eigenvalue weighted by Crippen LogP contribution is 2.32. The average Bonchev–Trinajstić information content (AvgIpc) is 3.03. The number of phenols is 1. The van der Waals surface area contributed by atoms with Crippen LogP contribution in [0.15, 0.2) is 48.8 Å². The molecule has 0 unspecified atom stereocenters. The van der Waals surface area contributed by atoms with E-state index in [1.165, 1.54) is 24.3 Å². The normalized spacial score (nSPS) is 10.4. The maximum Gasteiger partial charge on any atom is 0.263 e. The van der Waals surface area contributed by atoms with Crippen LogP contribution in [0.3, 0.4) is 0 Å². The molecule has 6 nitrogen and oxygen atoms in total. The van der Waals surface area contributed by atoms with Crippen LogP contribution in [0.1, 0.15) is 25.6 Å². The van der Waals surface area contributed by atoms with Crippen molar-refractivity contribution in [3.8, 4) is 5.75 Å². The average molecular weight is 422 g/mol. The summed E-state index contributed by atoms with van der Waals surface area (Å²) in [6.07, 6.45) is 3.30. The molecule has 0 fully saturated rings. The molecular weight excluding hydrogens is 409 g/mol. The summed E-state index contributed by atoms with van der Waals surface area (Å²) in [4.78, 5) is 29.2. The second-order valence-electron chi connectivity index (χ2n) is 5.46. The van der Waals surface area contributed by atoms with Gasteiger partial charge in [-0.1, -0.05) is 29.3 Å². The van der Waals surface area contributed by atoms with Gasteiger partial charge in [-0.3, -0.25) is 14.6 Å². The summed E-state index contributed by atoms with van der Waals surface area (Å²) in [6, 6.07) is 9.20. The number of hydrogen-bond acceptors (Lipinski definition) is 5. The highest BCUT2D eigenvalue weighted by atomic mass is 35.5. The molecule has 2 amide bonds. The minimum atomic E-state index is -0.479. The molecule has 0 aliphatic carbocycles. The summed E-state index contributed by atoms with van der Waals surface area (Å²) in [5.74, 6) is -0.968. The van der Waals surface area contributed by atoms with Crippen molar-refractivity contribution in [1.82, 2.24) is 10.3 Å². The molecule has 0 aliphatic heterocycles. The Labute approximate surface area is 168 Å². The third kappa shape index (κ3) is 4.77. The number of phenolic OH excluding ortho intramolecular Hbond substituents is 1. The van der Waals surface area contributed by atoms with E-state index >= 15 is 0 Å². The van der Waals surface area contributed by atoms with Crippen LogP contribution in [0.2, 0.25) is 9.36 Å². The molecule has 0 atom stereocenters. The maximum absolute atomic E-state index is 12.5. The van der Waals surface area contributed by atoms with E-state index < -0.39 is 5.91 Å². The second kappa shape index (κ2) is 8.39. The molecule has 0 spiro atoms. The van der Waals surface area contributed by atoms with Crippen molar-refractivity contribution < 1.29 is 14.7 Å². The van der Waals surface area contributed by atoms with E-state index in [1.54, 1.807) is 18.5 Å². The zero-order valence-corrected chi connectivity index (χ0v) is 16.0. The Bertz CT molecular complexity index is 993. The molecule has 3 aromatic rings. The number of nitrogens with one attached hydrogen (secondary N) is 2. The van der Waals surface area contributed by atoms with Crippen LogP contribution in [-0.2, 0) is 6.54 Å². The Morgan fingerprint density at radius 3 is 2.67 bits per heavy atom. The molecule has 3 N–H and O–H groups in total. The third-order valence-corrected chi connectivity index (χ3v) is 5.11. The van der Waals surface area contributed by atoms with Crippen LogP contribution in [0.4, 0.5) is 5.69 Å². The molecule has 138 valence electrons. The Morgan fingerprint density at radius 2 is 1.96 bits per heavy atom. The number of thiophene rings is 1. The van der Waals surface area contributed by atoms with E-state index in [2.05, 4.69) is 15.6 Å². The lowest BCUT2D eigenvalue weighted by Crippen LogP contribution is -2.23. The number of hydrogen-bond donors (Lipinski definition) is 3. The van der Waals surface area contributed by atoms with Crippen molar-refractivity contribution in [1.29, 1.82) is 0 Å². The summed E-state index contributed by atoms with van der Waals surface area (Å²) in [6.45, 7) is 0.295. The SMILES string of the molecule is O=C(Nc1cc(Cl)sc1C(=O)NCc1cccnc1)c1ccc(O)c(Cl)c1.